The maximum atomic E-state index is 6.25. The number of fused-ring (bicyclic) bond motifs is 6. The molecule has 0 N–H and O–H groups in total. The Labute approximate surface area is 275 Å². The smallest absolute Gasteiger partial charge is 0.135 e. The Balaban J connectivity index is 1.32. The van der Waals surface area contributed by atoms with Crippen molar-refractivity contribution in [1.29, 1.82) is 0 Å². The van der Waals surface area contributed by atoms with Crippen LogP contribution in [0.2, 0.25) is 0 Å². The van der Waals surface area contributed by atoms with Gasteiger partial charge in [0.25, 0.3) is 0 Å². The molecule has 0 radical (unpaired) electrons. The second-order valence-corrected chi connectivity index (χ2v) is 12.9. The fourth-order valence-electron chi connectivity index (χ4n) is 7.61. The van der Waals surface area contributed by atoms with Gasteiger partial charge in [0.15, 0.2) is 0 Å². The third kappa shape index (κ3) is 4.33. The number of rotatable bonds is 5. The lowest BCUT2D eigenvalue weighted by Crippen LogP contribution is -2.17. The van der Waals surface area contributed by atoms with Crippen LogP contribution >= 0.6 is 0 Å². The second kappa shape index (κ2) is 10.6. The number of anilines is 3. The molecule has 0 bridgehead atoms. The number of nitrogens with zero attached hydrogens (tertiary/aromatic N) is 1. The first-order chi connectivity index (χ1) is 23.1. The molecule has 0 unspecified atom stereocenters. The van der Waals surface area contributed by atoms with Gasteiger partial charge in [0.1, 0.15) is 11.2 Å². The Hall–Kier alpha value is -5.86. The SMILES string of the molecule is CC1(C)c2ccccc2-c2ccc(N(c3ccccc3)c3cccc(-c4ccccc4)c3-c3ccc4oc5ccccc5c4c3)cc21. The van der Waals surface area contributed by atoms with E-state index >= 15 is 0 Å². The van der Waals surface area contributed by atoms with Gasteiger partial charge in [-0.1, -0.05) is 129 Å². The van der Waals surface area contributed by atoms with E-state index in [1.807, 2.05) is 12.1 Å². The summed E-state index contributed by atoms with van der Waals surface area (Å²) in [5.41, 5.74) is 15.1. The van der Waals surface area contributed by atoms with Gasteiger partial charge >= 0.3 is 0 Å². The highest BCUT2D eigenvalue weighted by atomic mass is 16.3. The third-order valence-electron chi connectivity index (χ3n) is 9.87. The summed E-state index contributed by atoms with van der Waals surface area (Å²) >= 11 is 0. The zero-order chi connectivity index (χ0) is 31.5. The highest BCUT2D eigenvalue weighted by molar-refractivity contribution is 6.08. The summed E-state index contributed by atoms with van der Waals surface area (Å²) in [4.78, 5) is 2.43. The molecule has 2 nitrogen and oxygen atoms in total. The van der Waals surface area contributed by atoms with Gasteiger partial charge in [-0.05, 0) is 87.5 Å². The standard InChI is InChI=1S/C45H33NO/c1-45(2)39-21-11-9-18-35(39)36-26-25-33(29-40(36)45)46(32-16-7-4-8-17-32)41-22-13-20-34(30-14-5-3-6-15-30)44(41)31-24-27-43-38(28-31)37-19-10-12-23-42(37)47-43/h3-29H,1-2H3. The molecular formula is C45H33NO. The van der Waals surface area contributed by atoms with Gasteiger partial charge in [-0.15, -0.1) is 0 Å². The molecule has 7 aromatic carbocycles. The van der Waals surface area contributed by atoms with Crippen LogP contribution in [0, 0.1) is 0 Å². The zero-order valence-electron chi connectivity index (χ0n) is 26.4. The normalized spacial score (nSPS) is 13.1. The van der Waals surface area contributed by atoms with Crippen molar-refractivity contribution in [2.75, 3.05) is 4.90 Å². The molecule has 2 heteroatoms. The Bertz CT molecular complexity index is 2440. The van der Waals surface area contributed by atoms with Crippen LogP contribution in [0.3, 0.4) is 0 Å². The highest BCUT2D eigenvalue weighted by Gasteiger charge is 2.36. The summed E-state index contributed by atoms with van der Waals surface area (Å²) in [6, 6.07) is 59.0. The molecule has 0 saturated heterocycles. The minimum atomic E-state index is -0.105. The number of para-hydroxylation sites is 2. The average molecular weight is 604 g/mol. The Morgan fingerprint density at radius 1 is 0.447 bits per heavy atom. The van der Waals surface area contributed by atoms with Gasteiger partial charge in [0, 0.05) is 33.1 Å². The average Bonchev–Trinajstić information content (AvgIpc) is 3.61. The largest absolute Gasteiger partial charge is 0.456 e. The van der Waals surface area contributed by atoms with Crippen LogP contribution < -0.4 is 4.90 Å². The van der Waals surface area contributed by atoms with E-state index in [2.05, 4.69) is 170 Å². The second-order valence-electron chi connectivity index (χ2n) is 12.9. The number of hydrogen-bond donors (Lipinski definition) is 0. The maximum Gasteiger partial charge on any atom is 0.135 e. The summed E-state index contributed by atoms with van der Waals surface area (Å²) in [6.45, 7) is 4.69. The maximum absolute atomic E-state index is 6.25. The fraction of sp³-hybridized carbons (Fsp3) is 0.0667. The summed E-state index contributed by atoms with van der Waals surface area (Å²) < 4.78 is 6.25. The van der Waals surface area contributed by atoms with Crippen molar-refractivity contribution in [3.63, 3.8) is 0 Å². The van der Waals surface area contributed by atoms with Crippen LogP contribution in [0.4, 0.5) is 17.1 Å². The van der Waals surface area contributed by atoms with Crippen molar-refractivity contribution in [1.82, 2.24) is 0 Å². The first kappa shape index (κ1) is 27.5. The molecule has 9 rings (SSSR count). The van der Waals surface area contributed by atoms with E-state index in [4.69, 9.17) is 4.42 Å². The molecule has 8 aromatic rings. The fourth-order valence-corrected chi connectivity index (χ4v) is 7.61. The molecule has 1 aromatic heterocycles. The summed E-state index contributed by atoms with van der Waals surface area (Å²) in [6.07, 6.45) is 0. The van der Waals surface area contributed by atoms with Crippen molar-refractivity contribution in [2.45, 2.75) is 19.3 Å². The monoisotopic (exact) mass is 603 g/mol. The summed E-state index contributed by atoms with van der Waals surface area (Å²) in [7, 11) is 0. The molecule has 0 spiro atoms. The van der Waals surface area contributed by atoms with Crippen LogP contribution in [-0.2, 0) is 5.41 Å². The third-order valence-corrected chi connectivity index (χ3v) is 9.87. The Morgan fingerprint density at radius 2 is 1.13 bits per heavy atom. The van der Waals surface area contributed by atoms with Gasteiger partial charge in [0.2, 0.25) is 0 Å². The predicted molar refractivity (Wildman–Crippen MR) is 197 cm³/mol. The van der Waals surface area contributed by atoms with Crippen molar-refractivity contribution >= 4 is 39.0 Å². The quantitative estimate of drug-likeness (QED) is 0.195. The predicted octanol–water partition coefficient (Wildman–Crippen LogP) is 12.7. The molecule has 1 heterocycles. The van der Waals surface area contributed by atoms with Crippen LogP contribution in [0.15, 0.2) is 168 Å². The van der Waals surface area contributed by atoms with Crippen LogP contribution in [0.25, 0.3) is 55.3 Å². The van der Waals surface area contributed by atoms with Crippen molar-refractivity contribution < 1.29 is 4.42 Å². The topological polar surface area (TPSA) is 16.4 Å². The molecule has 1 aliphatic carbocycles. The van der Waals surface area contributed by atoms with E-state index in [9.17, 15) is 0 Å². The lowest BCUT2D eigenvalue weighted by molar-refractivity contribution is 0.660. The van der Waals surface area contributed by atoms with Crippen molar-refractivity contribution in [3.05, 3.63) is 175 Å². The van der Waals surface area contributed by atoms with E-state index in [1.165, 1.54) is 38.9 Å². The van der Waals surface area contributed by atoms with Crippen LogP contribution in [0.1, 0.15) is 25.0 Å². The van der Waals surface area contributed by atoms with E-state index in [0.717, 1.165) is 44.6 Å². The molecule has 0 amide bonds. The lowest BCUT2D eigenvalue weighted by Gasteiger charge is -2.30. The van der Waals surface area contributed by atoms with Gasteiger partial charge in [0.05, 0.1) is 5.69 Å². The zero-order valence-corrected chi connectivity index (χ0v) is 26.4. The Morgan fingerprint density at radius 3 is 1.98 bits per heavy atom. The Kier molecular flexibility index (Phi) is 6.20. The molecule has 1 aliphatic rings. The summed E-state index contributed by atoms with van der Waals surface area (Å²) in [5.74, 6) is 0. The molecular weight excluding hydrogens is 571 g/mol. The first-order valence-corrected chi connectivity index (χ1v) is 16.3. The summed E-state index contributed by atoms with van der Waals surface area (Å²) in [5, 5.41) is 2.25. The molecule has 224 valence electrons. The van der Waals surface area contributed by atoms with Crippen LogP contribution in [0.5, 0.6) is 0 Å². The van der Waals surface area contributed by atoms with Crippen LogP contribution in [-0.4, -0.2) is 0 Å². The van der Waals surface area contributed by atoms with E-state index in [0.29, 0.717) is 0 Å². The van der Waals surface area contributed by atoms with E-state index in [1.54, 1.807) is 0 Å². The molecule has 0 saturated carbocycles. The van der Waals surface area contributed by atoms with Gasteiger partial charge in [-0.2, -0.15) is 0 Å². The van der Waals surface area contributed by atoms with Gasteiger partial charge < -0.3 is 9.32 Å². The highest BCUT2D eigenvalue weighted by Crippen LogP contribution is 2.52. The number of hydrogen-bond acceptors (Lipinski definition) is 2. The number of benzene rings is 7. The first-order valence-electron chi connectivity index (χ1n) is 16.3. The number of furan rings is 1. The van der Waals surface area contributed by atoms with Crippen molar-refractivity contribution in [3.8, 4) is 33.4 Å². The van der Waals surface area contributed by atoms with Gasteiger partial charge in [-0.25, -0.2) is 0 Å². The molecule has 0 atom stereocenters. The molecule has 0 aliphatic heterocycles. The van der Waals surface area contributed by atoms with E-state index in [-0.39, 0.29) is 5.41 Å². The van der Waals surface area contributed by atoms with E-state index < -0.39 is 0 Å². The molecule has 47 heavy (non-hydrogen) atoms. The minimum Gasteiger partial charge on any atom is -0.456 e. The van der Waals surface area contributed by atoms with Gasteiger partial charge in [-0.3, -0.25) is 0 Å². The minimum absolute atomic E-state index is 0.105. The molecule has 0 fully saturated rings. The lowest BCUT2D eigenvalue weighted by atomic mass is 9.82. The van der Waals surface area contributed by atoms with Crippen molar-refractivity contribution in [2.24, 2.45) is 0 Å².